The number of esters is 1. The number of benzene rings is 2. The van der Waals surface area contributed by atoms with Gasteiger partial charge in [-0.05, 0) is 65.3 Å². The summed E-state index contributed by atoms with van der Waals surface area (Å²) in [6.07, 6.45) is 12.6. The molecular formula is C29H38O3. The highest BCUT2D eigenvalue weighted by Crippen LogP contribution is 2.38. The molecule has 0 spiro atoms. The first-order valence-electron chi connectivity index (χ1n) is 12.3. The standard InChI is InChI=1S/C29H38O3/c1-3-5-6-7-22-8-10-23(11-9-22)24-12-14-25(15-13-24)26-16-17-28(21-30)27(20-26)18-19-32-29(31)4-2/h4,12-17,20,22-23,30H,2-3,5-11,18-19,21H2,1H3. The average Bonchev–Trinajstić information content (AvgIpc) is 2.84. The monoisotopic (exact) mass is 434 g/mol. The van der Waals surface area contributed by atoms with Crippen LogP contribution in [0.25, 0.3) is 11.1 Å². The molecule has 1 saturated carbocycles. The Labute approximate surface area is 193 Å². The van der Waals surface area contributed by atoms with E-state index >= 15 is 0 Å². The van der Waals surface area contributed by atoms with Gasteiger partial charge in [0.25, 0.3) is 0 Å². The van der Waals surface area contributed by atoms with Gasteiger partial charge in [0.1, 0.15) is 0 Å². The summed E-state index contributed by atoms with van der Waals surface area (Å²) in [5.74, 6) is 1.21. The van der Waals surface area contributed by atoms with Gasteiger partial charge in [-0.1, -0.05) is 81.7 Å². The molecule has 3 nitrogen and oxygen atoms in total. The van der Waals surface area contributed by atoms with Gasteiger partial charge < -0.3 is 9.84 Å². The summed E-state index contributed by atoms with van der Waals surface area (Å²) in [5, 5.41) is 9.67. The largest absolute Gasteiger partial charge is 0.462 e. The van der Waals surface area contributed by atoms with Crippen LogP contribution in [0, 0.1) is 5.92 Å². The van der Waals surface area contributed by atoms with Crippen molar-refractivity contribution in [1.82, 2.24) is 0 Å². The molecule has 1 N–H and O–H groups in total. The van der Waals surface area contributed by atoms with Gasteiger partial charge in [0.15, 0.2) is 0 Å². The number of carbonyl (C=O) groups excluding carboxylic acids is 1. The normalized spacial score (nSPS) is 18.3. The molecule has 3 heteroatoms. The third-order valence-electron chi connectivity index (χ3n) is 6.94. The number of carbonyl (C=O) groups is 1. The lowest BCUT2D eigenvalue weighted by molar-refractivity contribution is -0.137. The summed E-state index contributed by atoms with van der Waals surface area (Å²) >= 11 is 0. The summed E-state index contributed by atoms with van der Waals surface area (Å²) in [5.41, 5.74) is 5.64. The molecule has 172 valence electrons. The second-order valence-corrected chi connectivity index (χ2v) is 9.10. The zero-order valence-electron chi connectivity index (χ0n) is 19.5. The van der Waals surface area contributed by atoms with E-state index in [2.05, 4.69) is 49.9 Å². The highest BCUT2D eigenvalue weighted by molar-refractivity contribution is 5.81. The molecule has 1 fully saturated rings. The van der Waals surface area contributed by atoms with Crippen LogP contribution < -0.4 is 0 Å². The minimum atomic E-state index is -0.419. The Morgan fingerprint density at radius 1 is 1.03 bits per heavy atom. The van der Waals surface area contributed by atoms with Gasteiger partial charge >= 0.3 is 5.97 Å². The number of aliphatic hydroxyl groups is 1. The van der Waals surface area contributed by atoms with Crippen molar-refractivity contribution >= 4 is 5.97 Å². The third kappa shape index (κ3) is 6.80. The molecular weight excluding hydrogens is 396 g/mol. The van der Waals surface area contributed by atoms with Crippen molar-refractivity contribution in [2.45, 2.75) is 77.2 Å². The molecule has 1 aliphatic rings. The van der Waals surface area contributed by atoms with E-state index in [9.17, 15) is 9.90 Å². The first-order chi connectivity index (χ1) is 15.6. The smallest absolute Gasteiger partial charge is 0.330 e. The third-order valence-corrected chi connectivity index (χ3v) is 6.94. The summed E-state index contributed by atoms with van der Waals surface area (Å²) in [7, 11) is 0. The van der Waals surface area contributed by atoms with Crippen molar-refractivity contribution in [3.63, 3.8) is 0 Å². The van der Waals surface area contributed by atoms with E-state index in [-0.39, 0.29) is 13.2 Å². The van der Waals surface area contributed by atoms with E-state index in [0.29, 0.717) is 12.3 Å². The highest BCUT2D eigenvalue weighted by atomic mass is 16.5. The van der Waals surface area contributed by atoms with E-state index in [1.54, 1.807) is 0 Å². The Bertz CT molecular complexity index is 860. The van der Waals surface area contributed by atoms with Crippen LogP contribution in [0.15, 0.2) is 55.1 Å². The molecule has 0 aliphatic heterocycles. The fourth-order valence-electron chi connectivity index (χ4n) is 4.93. The zero-order chi connectivity index (χ0) is 22.8. The number of hydrogen-bond donors (Lipinski definition) is 1. The van der Waals surface area contributed by atoms with Crippen LogP contribution >= 0.6 is 0 Å². The van der Waals surface area contributed by atoms with Gasteiger partial charge in [-0.2, -0.15) is 0 Å². The van der Waals surface area contributed by atoms with Gasteiger partial charge in [0.05, 0.1) is 13.2 Å². The number of rotatable bonds is 11. The van der Waals surface area contributed by atoms with Crippen molar-refractivity contribution < 1.29 is 14.6 Å². The summed E-state index contributed by atoms with van der Waals surface area (Å²) in [6, 6.07) is 15.2. The minimum absolute atomic E-state index is 0.0227. The van der Waals surface area contributed by atoms with E-state index in [1.807, 2.05) is 6.07 Å². The van der Waals surface area contributed by atoms with Crippen LogP contribution in [-0.2, 0) is 22.6 Å². The second-order valence-electron chi connectivity index (χ2n) is 9.10. The lowest BCUT2D eigenvalue weighted by Gasteiger charge is -2.29. The molecule has 2 aromatic rings. The van der Waals surface area contributed by atoms with Gasteiger partial charge in [-0.3, -0.25) is 0 Å². The second kappa shape index (κ2) is 12.6. The summed E-state index contributed by atoms with van der Waals surface area (Å²) in [6.45, 7) is 5.96. The number of hydrogen-bond acceptors (Lipinski definition) is 3. The molecule has 1 aliphatic carbocycles. The Morgan fingerprint density at radius 3 is 2.41 bits per heavy atom. The Balaban J connectivity index is 1.61. The van der Waals surface area contributed by atoms with Gasteiger partial charge in [-0.25, -0.2) is 4.79 Å². The first-order valence-corrected chi connectivity index (χ1v) is 12.3. The highest BCUT2D eigenvalue weighted by Gasteiger charge is 2.22. The van der Waals surface area contributed by atoms with Crippen LogP contribution in [0.4, 0.5) is 0 Å². The van der Waals surface area contributed by atoms with Gasteiger partial charge in [0.2, 0.25) is 0 Å². The fraction of sp³-hybridized carbons (Fsp3) is 0.483. The zero-order valence-corrected chi connectivity index (χ0v) is 19.5. The molecule has 0 amide bonds. The molecule has 0 atom stereocenters. The summed E-state index contributed by atoms with van der Waals surface area (Å²) < 4.78 is 5.12. The molecule has 0 radical (unpaired) electrons. The molecule has 3 rings (SSSR count). The predicted molar refractivity (Wildman–Crippen MR) is 132 cm³/mol. The number of unbranched alkanes of at least 4 members (excludes halogenated alkanes) is 2. The quantitative estimate of drug-likeness (QED) is 0.236. The first kappa shape index (κ1) is 24.3. The van der Waals surface area contributed by atoms with Gasteiger partial charge in [0, 0.05) is 12.5 Å². The van der Waals surface area contributed by atoms with Crippen molar-refractivity contribution in [2.75, 3.05) is 6.61 Å². The lowest BCUT2D eigenvalue weighted by Crippen LogP contribution is -2.13. The molecule has 0 bridgehead atoms. The molecule has 32 heavy (non-hydrogen) atoms. The Hall–Kier alpha value is -2.39. The number of aliphatic hydroxyl groups excluding tert-OH is 1. The molecule has 0 heterocycles. The van der Waals surface area contributed by atoms with Gasteiger partial charge in [-0.15, -0.1) is 0 Å². The molecule has 0 unspecified atom stereocenters. The SMILES string of the molecule is C=CC(=O)OCCc1cc(-c2ccc(C3CCC(CCCCC)CC3)cc2)ccc1CO. The Kier molecular flexibility index (Phi) is 9.55. The van der Waals surface area contributed by atoms with Crippen LogP contribution in [0.5, 0.6) is 0 Å². The van der Waals surface area contributed by atoms with E-state index < -0.39 is 5.97 Å². The van der Waals surface area contributed by atoms with Crippen molar-refractivity contribution in [3.05, 3.63) is 71.8 Å². The van der Waals surface area contributed by atoms with Crippen LogP contribution in [0.2, 0.25) is 0 Å². The average molecular weight is 435 g/mol. The predicted octanol–water partition coefficient (Wildman–Crippen LogP) is 6.97. The van der Waals surface area contributed by atoms with E-state index in [1.165, 1.54) is 68.6 Å². The Morgan fingerprint density at radius 2 is 1.75 bits per heavy atom. The maximum Gasteiger partial charge on any atom is 0.330 e. The fourth-order valence-corrected chi connectivity index (χ4v) is 4.93. The van der Waals surface area contributed by atoms with Crippen LogP contribution in [0.3, 0.4) is 0 Å². The van der Waals surface area contributed by atoms with E-state index in [4.69, 9.17) is 4.74 Å². The van der Waals surface area contributed by atoms with Crippen LogP contribution in [0.1, 0.15) is 80.9 Å². The number of ether oxygens (including phenoxy) is 1. The van der Waals surface area contributed by atoms with Crippen LogP contribution in [-0.4, -0.2) is 17.7 Å². The minimum Gasteiger partial charge on any atom is -0.462 e. The maximum absolute atomic E-state index is 11.3. The lowest BCUT2D eigenvalue weighted by atomic mass is 9.77. The molecule has 0 saturated heterocycles. The van der Waals surface area contributed by atoms with Crippen molar-refractivity contribution in [3.8, 4) is 11.1 Å². The molecule has 2 aromatic carbocycles. The van der Waals surface area contributed by atoms with E-state index in [0.717, 1.165) is 22.6 Å². The topological polar surface area (TPSA) is 46.5 Å². The summed E-state index contributed by atoms with van der Waals surface area (Å²) in [4.78, 5) is 11.3. The van der Waals surface area contributed by atoms with Crippen molar-refractivity contribution in [2.24, 2.45) is 5.92 Å². The van der Waals surface area contributed by atoms with Crippen molar-refractivity contribution in [1.29, 1.82) is 0 Å². The maximum atomic E-state index is 11.3. The molecule has 0 aromatic heterocycles.